The van der Waals surface area contributed by atoms with E-state index in [2.05, 4.69) is 10.2 Å². The van der Waals surface area contributed by atoms with Gasteiger partial charge in [-0.15, -0.1) is 0 Å². The fraction of sp³-hybridized carbons (Fsp3) is 0.0938. The van der Waals surface area contributed by atoms with Crippen LogP contribution in [0.3, 0.4) is 0 Å². The molecular formula is C32H25FN6. The second kappa shape index (κ2) is 9.06. The number of nitrogens with one attached hydrogen (secondary N) is 1. The smallest absolute Gasteiger partial charge is 0.179 e. The van der Waals surface area contributed by atoms with Crippen molar-refractivity contribution in [2.45, 2.75) is 19.9 Å². The van der Waals surface area contributed by atoms with E-state index in [-0.39, 0.29) is 5.82 Å². The molecule has 0 amide bonds. The van der Waals surface area contributed by atoms with Crippen LogP contribution in [0.25, 0.3) is 5.69 Å². The number of fused-ring (bicyclic) bond motifs is 4. The van der Waals surface area contributed by atoms with E-state index in [0.29, 0.717) is 23.1 Å². The molecule has 7 heteroatoms. The number of hydrogen-bond donors (Lipinski definition) is 1. The Kier molecular flexibility index (Phi) is 5.37. The summed E-state index contributed by atoms with van der Waals surface area (Å²) in [4.78, 5) is 12.3. The maximum atomic E-state index is 15.6. The number of aliphatic imine (C=N–C) groups is 2. The molecule has 39 heavy (non-hydrogen) atoms. The molecule has 0 saturated heterocycles. The molecule has 0 radical (unpaired) electrons. The van der Waals surface area contributed by atoms with Gasteiger partial charge in [0.1, 0.15) is 5.82 Å². The molecule has 0 fully saturated rings. The van der Waals surface area contributed by atoms with Crippen molar-refractivity contribution in [3.8, 4) is 5.69 Å². The van der Waals surface area contributed by atoms with Gasteiger partial charge >= 0.3 is 0 Å². The molecule has 1 aromatic heterocycles. The number of amidine groups is 2. The molecule has 7 rings (SSSR count). The van der Waals surface area contributed by atoms with Gasteiger partial charge in [-0.1, -0.05) is 66.7 Å². The van der Waals surface area contributed by atoms with E-state index in [1.807, 2.05) is 110 Å². The number of hydrogen-bond acceptors (Lipinski definition) is 4. The van der Waals surface area contributed by atoms with Crippen molar-refractivity contribution < 1.29 is 4.39 Å². The number of aromatic nitrogens is 2. The number of aryl methyl sites for hydroxylation is 2. The molecule has 6 nitrogen and oxygen atoms in total. The molecule has 2 aliphatic rings. The molecule has 1 atom stereocenters. The number of nitrogens with zero attached hydrogens (tertiary/aromatic N) is 5. The Hall–Kier alpha value is -5.04. The summed E-state index contributed by atoms with van der Waals surface area (Å²) in [5.41, 5.74) is 6.74. The Labute approximate surface area is 225 Å². The van der Waals surface area contributed by atoms with Gasteiger partial charge in [-0.25, -0.2) is 19.1 Å². The largest absolute Gasteiger partial charge is 0.335 e. The molecular weight excluding hydrogens is 487 g/mol. The predicted molar refractivity (Wildman–Crippen MR) is 154 cm³/mol. The van der Waals surface area contributed by atoms with Crippen molar-refractivity contribution in [1.82, 2.24) is 9.78 Å². The van der Waals surface area contributed by atoms with Crippen LogP contribution in [0.5, 0.6) is 0 Å². The van der Waals surface area contributed by atoms with Gasteiger partial charge in [0.05, 0.1) is 34.5 Å². The Morgan fingerprint density at radius 1 is 0.821 bits per heavy atom. The van der Waals surface area contributed by atoms with Crippen LogP contribution < -0.4 is 10.2 Å². The summed E-state index contributed by atoms with van der Waals surface area (Å²) in [5.74, 6) is 1.58. The zero-order valence-electron chi connectivity index (χ0n) is 21.5. The van der Waals surface area contributed by atoms with E-state index in [9.17, 15) is 0 Å². The monoisotopic (exact) mass is 512 g/mol. The minimum Gasteiger partial charge on any atom is -0.335 e. The summed E-state index contributed by atoms with van der Waals surface area (Å²) in [6.45, 7) is 3.99. The van der Waals surface area contributed by atoms with Crippen molar-refractivity contribution in [2.75, 3.05) is 10.2 Å². The summed E-state index contributed by atoms with van der Waals surface area (Å²) < 4.78 is 17.5. The maximum Gasteiger partial charge on any atom is 0.179 e. The zero-order chi connectivity index (χ0) is 26.5. The normalized spacial score (nSPS) is 16.7. The molecule has 0 aliphatic carbocycles. The van der Waals surface area contributed by atoms with Crippen LogP contribution in [0.2, 0.25) is 0 Å². The van der Waals surface area contributed by atoms with Crippen LogP contribution in [-0.2, 0) is 0 Å². The Morgan fingerprint density at radius 3 is 2.36 bits per heavy atom. The van der Waals surface area contributed by atoms with Crippen LogP contribution in [0.1, 0.15) is 28.4 Å². The highest BCUT2D eigenvalue weighted by molar-refractivity contribution is 6.52. The first-order chi connectivity index (χ1) is 19.1. The van der Waals surface area contributed by atoms with Gasteiger partial charge in [0.15, 0.2) is 17.5 Å². The average molecular weight is 513 g/mol. The Morgan fingerprint density at radius 2 is 1.54 bits per heavy atom. The summed E-state index contributed by atoms with van der Waals surface area (Å²) in [7, 11) is 0. The van der Waals surface area contributed by atoms with Crippen molar-refractivity contribution in [1.29, 1.82) is 0 Å². The molecule has 4 aromatic carbocycles. The summed E-state index contributed by atoms with van der Waals surface area (Å²) in [6.07, 6.45) is 0. The second-order valence-electron chi connectivity index (χ2n) is 9.69. The van der Waals surface area contributed by atoms with Crippen molar-refractivity contribution >= 4 is 34.6 Å². The van der Waals surface area contributed by atoms with Crippen LogP contribution in [0.15, 0.2) is 113 Å². The van der Waals surface area contributed by atoms with Crippen molar-refractivity contribution in [2.24, 2.45) is 9.98 Å². The third-order valence-electron chi connectivity index (χ3n) is 7.23. The standard InChI is InChI=1S/C32H25FN6/c1-20-12-6-9-17-25(20)34-30-32-36-31-28(21(2)37-39(31)22-13-4-3-5-14-22)29(23-15-7-8-16-24(23)33)38(32)27-19-11-10-18-26(27)35-30/h3-19,29H,1-2H3,(H,34,35)/t29-/m1/s1. The Bertz CT molecular complexity index is 1790. The first kappa shape index (κ1) is 23.1. The summed E-state index contributed by atoms with van der Waals surface area (Å²) in [5, 5.41) is 8.41. The molecule has 1 N–H and O–H groups in total. The van der Waals surface area contributed by atoms with E-state index in [0.717, 1.165) is 39.6 Å². The minimum atomic E-state index is -0.503. The molecule has 0 bridgehead atoms. The molecule has 3 heterocycles. The maximum absolute atomic E-state index is 15.6. The SMILES string of the molecule is Cc1ccccc1N=C1Nc2ccccc2N2C1=Nc1c(c(C)nn1-c1ccccc1)[C@H]2c1ccccc1F. The topological polar surface area (TPSA) is 57.8 Å². The first-order valence-electron chi connectivity index (χ1n) is 12.9. The lowest BCUT2D eigenvalue weighted by Gasteiger charge is -2.42. The molecule has 2 aliphatic heterocycles. The molecule has 0 unspecified atom stereocenters. The molecule has 190 valence electrons. The number of benzene rings is 4. The van der Waals surface area contributed by atoms with Gasteiger partial charge in [0, 0.05) is 11.1 Å². The van der Waals surface area contributed by atoms with Gasteiger partial charge in [-0.2, -0.15) is 5.10 Å². The highest BCUT2D eigenvalue weighted by Crippen LogP contribution is 2.48. The second-order valence-corrected chi connectivity index (χ2v) is 9.69. The van der Waals surface area contributed by atoms with Gasteiger partial charge in [0.25, 0.3) is 0 Å². The summed E-state index contributed by atoms with van der Waals surface area (Å²) >= 11 is 0. The number of rotatable bonds is 3. The van der Waals surface area contributed by atoms with Crippen LogP contribution in [-0.4, -0.2) is 21.5 Å². The van der Waals surface area contributed by atoms with Crippen molar-refractivity contribution in [3.05, 3.63) is 131 Å². The average Bonchev–Trinajstić information content (AvgIpc) is 3.30. The van der Waals surface area contributed by atoms with E-state index in [4.69, 9.17) is 15.1 Å². The molecule has 0 spiro atoms. The predicted octanol–water partition coefficient (Wildman–Crippen LogP) is 7.42. The third-order valence-corrected chi connectivity index (χ3v) is 7.23. The lowest BCUT2D eigenvalue weighted by atomic mass is 9.92. The third kappa shape index (κ3) is 3.74. The number of para-hydroxylation sites is 4. The van der Waals surface area contributed by atoms with E-state index in [1.54, 1.807) is 6.07 Å². The van der Waals surface area contributed by atoms with Gasteiger partial charge in [-0.05, 0) is 55.8 Å². The van der Waals surface area contributed by atoms with E-state index in [1.165, 1.54) is 6.07 Å². The highest BCUT2D eigenvalue weighted by Gasteiger charge is 2.42. The van der Waals surface area contributed by atoms with Gasteiger partial charge < -0.3 is 10.2 Å². The fourth-order valence-corrected chi connectivity index (χ4v) is 5.38. The highest BCUT2D eigenvalue weighted by atomic mass is 19.1. The van der Waals surface area contributed by atoms with E-state index < -0.39 is 6.04 Å². The lowest BCUT2D eigenvalue weighted by Crippen LogP contribution is -2.48. The summed E-state index contributed by atoms with van der Waals surface area (Å²) in [6, 6.07) is 32.3. The van der Waals surface area contributed by atoms with Crippen molar-refractivity contribution in [3.63, 3.8) is 0 Å². The zero-order valence-corrected chi connectivity index (χ0v) is 21.5. The fourth-order valence-electron chi connectivity index (χ4n) is 5.38. The van der Waals surface area contributed by atoms with E-state index >= 15 is 4.39 Å². The molecule has 0 saturated carbocycles. The Balaban J connectivity index is 1.56. The van der Waals surface area contributed by atoms with Crippen LogP contribution in [0.4, 0.5) is 27.3 Å². The quantitative estimate of drug-likeness (QED) is 0.274. The lowest BCUT2D eigenvalue weighted by molar-refractivity contribution is 0.597. The van der Waals surface area contributed by atoms with Gasteiger partial charge in [0.2, 0.25) is 0 Å². The van der Waals surface area contributed by atoms with Crippen LogP contribution in [0, 0.1) is 19.7 Å². The molecule has 5 aromatic rings. The minimum absolute atomic E-state index is 0.282. The number of halogens is 1. The number of anilines is 2. The first-order valence-corrected chi connectivity index (χ1v) is 12.9. The van der Waals surface area contributed by atoms with Gasteiger partial charge in [-0.3, -0.25) is 0 Å². The van der Waals surface area contributed by atoms with Crippen LogP contribution >= 0.6 is 0 Å².